The van der Waals surface area contributed by atoms with E-state index in [1.54, 1.807) is 0 Å². The van der Waals surface area contributed by atoms with E-state index in [0.29, 0.717) is 0 Å². The molecule has 0 unspecified atom stereocenters. The Labute approximate surface area is 96.6 Å². The zero-order valence-electron chi connectivity index (χ0n) is 9.65. The van der Waals surface area contributed by atoms with Crippen LogP contribution in [0.1, 0.15) is 18.9 Å². The van der Waals surface area contributed by atoms with Crippen molar-refractivity contribution in [2.75, 3.05) is 13.1 Å². The molecule has 0 aliphatic carbocycles. The van der Waals surface area contributed by atoms with Crippen LogP contribution >= 0.6 is 0 Å². The molecule has 1 fully saturated rings. The van der Waals surface area contributed by atoms with E-state index >= 15 is 0 Å². The normalized spacial score (nSPS) is 17.7. The lowest BCUT2D eigenvalue weighted by molar-refractivity contribution is -0.133. The molecule has 0 spiro atoms. The number of carbonyl (C=O) groups excluding carboxylic acids is 1. The maximum Gasteiger partial charge on any atom is 0.246 e. The summed E-state index contributed by atoms with van der Waals surface area (Å²) in [7, 11) is 0. The SMILES string of the molecule is C=CC(=O)N1CC(CC)(c2ccccc2)C1. The Kier molecular flexibility index (Phi) is 2.82. The molecule has 1 aromatic rings. The highest BCUT2D eigenvalue weighted by molar-refractivity contribution is 5.88. The van der Waals surface area contributed by atoms with E-state index in [1.165, 1.54) is 11.6 Å². The summed E-state index contributed by atoms with van der Waals surface area (Å²) in [5, 5.41) is 0. The van der Waals surface area contributed by atoms with Gasteiger partial charge in [-0.2, -0.15) is 0 Å². The molecule has 2 heteroatoms. The van der Waals surface area contributed by atoms with Crippen LogP contribution in [-0.2, 0) is 10.2 Å². The minimum Gasteiger partial charge on any atom is -0.337 e. The number of benzene rings is 1. The highest BCUT2D eigenvalue weighted by Gasteiger charge is 2.44. The van der Waals surface area contributed by atoms with Crippen LogP contribution in [0.2, 0.25) is 0 Å². The first-order valence-electron chi connectivity index (χ1n) is 5.69. The predicted octanol–water partition coefficient (Wildman–Crippen LogP) is 2.36. The van der Waals surface area contributed by atoms with Crippen LogP contribution in [0.25, 0.3) is 0 Å². The fraction of sp³-hybridized carbons (Fsp3) is 0.357. The number of hydrogen-bond acceptors (Lipinski definition) is 1. The van der Waals surface area contributed by atoms with E-state index in [4.69, 9.17) is 0 Å². The second kappa shape index (κ2) is 4.12. The molecule has 2 nitrogen and oxygen atoms in total. The van der Waals surface area contributed by atoms with Crippen LogP contribution in [0, 0.1) is 0 Å². The Morgan fingerprint density at radius 2 is 2.06 bits per heavy atom. The lowest BCUT2D eigenvalue weighted by atomic mass is 9.71. The number of hydrogen-bond donors (Lipinski definition) is 0. The predicted molar refractivity (Wildman–Crippen MR) is 65.2 cm³/mol. The summed E-state index contributed by atoms with van der Waals surface area (Å²) >= 11 is 0. The van der Waals surface area contributed by atoms with Crippen molar-refractivity contribution in [3.63, 3.8) is 0 Å². The van der Waals surface area contributed by atoms with Crippen LogP contribution in [0.5, 0.6) is 0 Å². The second-order valence-corrected chi connectivity index (χ2v) is 4.40. The van der Waals surface area contributed by atoms with Gasteiger partial charge in [-0.25, -0.2) is 0 Å². The lowest BCUT2D eigenvalue weighted by Gasteiger charge is -2.50. The van der Waals surface area contributed by atoms with Gasteiger partial charge in [0.2, 0.25) is 5.91 Å². The zero-order chi connectivity index (χ0) is 11.6. The van der Waals surface area contributed by atoms with E-state index in [-0.39, 0.29) is 11.3 Å². The molecule has 0 N–H and O–H groups in total. The summed E-state index contributed by atoms with van der Waals surface area (Å²) in [6, 6.07) is 10.5. The van der Waals surface area contributed by atoms with E-state index in [2.05, 4.69) is 37.8 Å². The topological polar surface area (TPSA) is 20.3 Å². The van der Waals surface area contributed by atoms with Gasteiger partial charge in [-0.1, -0.05) is 43.8 Å². The van der Waals surface area contributed by atoms with E-state index in [0.717, 1.165) is 19.5 Å². The summed E-state index contributed by atoms with van der Waals surface area (Å²) in [5.74, 6) is 0.0417. The van der Waals surface area contributed by atoms with Crippen LogP contribution < -0.4 is 0 Å². The lowest BCUT2D eigenvalue weighted by Crippen LogP contribution is -2.60. The van der Waals surface area contributed by atoms with Gasteiger partial charge in [0.05, 0.1) is 0 Å². The quantitative estimate of drug-likeness (QED) is 0.709. The second-order valence-electron chi connectivity index (χ2n) is 4.40. The van der Waals surface area contributed by atoms with Gasteiger partial charge in [0.15, 0.2) is 0 Å². The van der Waals surface area contributed by atoms with Gasteiger partial charge in [-0.05, 0) is 18.1 Å². The fourth-order valence-corrected chi connectivity index (χ4v) is 2.37. The van der Waals surface area contributed by atoms with E-state index in [1.807, 2.05) is 11.0 Å². The molecule has 1 saturated heterocycles. The molecular formula is C14H17NO. The third-order valence-corrected chi connectivity index (χ3v) is 3.54. The summed E-state index contributed by atoms with van der Waals surface area (Å²) in [5.41, 5.74) is 1.51. The standard InChI is InChI=1S/C14H17NO/c1-3-13(16)15-10-14(4-2,11-15)12-8-6-5-7-9-12/h3,5-9H,1,4,10-11H2,2H3. The number of carbonyl (C=O) groups is 1. The summed E-state index contributed by atoms with van der Waals surface area (Å²) in [4.78, 5) is 13.3. The molecule has 0 radical (unpaired) electrons. The summed E-state index contributed by atoms with van der Waals surface area (Å²) in [6.45, 7) is 7.34. The van der Waals surface area contributed by atoms with Gasteiger partial charge in [-0.15, -0.1) is 0 Å². The molecule has 0 aromatic heterocycles. The van der Waals surface area contributed by atoms with Gasteiger partial charge in [-0.3, -0.25) is 4.79 Å². The monoisotopic (exact) mass is 215 g/mol. The molecule has 2 rings (SSSR count). The van der Waals surface area contributed by atoms with Crippen LogP contribution in [0.3, 0.4) is 0 Å². The van der Waals surface area contributed by atoms with Crippen molar-refractivity contribution in [1.29, 1.82) is 0 Å². The fourth-order valence-electron chi connectivity index (χ4n) is 2.37. The Hall–Kier alpha value is -1.57. The molecule has 16 heavy (non-hydrogen) atoms. The maximum atomic E-state index is 11.4. The zero-order valence-corrected chi connectivity index (χ0v) is 9.65. The highest BCUT2D eigenvalue weighted by Crippen LogP contribution is 2.37. The van der Waals surface area contributed by atoms with E-state index in [9.17, 15) is 4.79 Å². The van der Waals surface area contributed by atoms with Crippen molar-refractivity contribution in [2.24, 2.45) is 0 Å². The third-order valence-electron chi connectivity index (χ3n) is 3.54. The van der Waals surface area contributed by atoms with Gasteiger partial charge >= 0.3 is 0 Å². The smallest absolute Gasteiger partial charge is 0.246 e. The average molecular weight is 215 g/mol. The van der Waals surface area contributed by atoms with Crippen LogP contribution in [0.4, 0.5) is 0 Å². The number of rotatable bonds is 3. The first-order valence-corrected chi connectivity index (χ1v) is 5.69. The molecular weight excluding hydrogens is 198 g/mol. The molecule has 0 saturated carbocycles. The maximum absolute atomic E-state index is 11.4. The average Bonchev–Trinajstić information content (AvgIpc) is 2.29. The molecule has 0 atom stereocenters. The molecule has 1 aliphatic heterocycles. The number of likely N-dealkylation sites (tertiary alicyclic amines) is 1. The number of amides is 1. The summed E-state index contributed by atoms with van der Waals surface area (Å²) in [6.07, 6.45) is 2.46. The Balaban J connectivity index is 2.15. The van der Waals surface area contributed by atoms with Crippen molar-refractivity contribution < 1.29 is 4.79 Å². The molecule has 0 bridgehead atoms. The van der Waals surface area contributed by atoms with E-state index < -0.39 is 0 Å². The van der Waals surface area contributed by atoms with Crippen molar-refractivity contribution in [1.82, 2.24) is 4.90 Å². The minimum absolute atomic E-state index is 0.0417. The van der Waals surface area contributed by atoms with Crippen molar-refractivity contribution >= 4 is 5.91 Å². The first-order chi connectivity index (χ1) is 7.72. The van der Waals surface area contributed by atoms with Crippen LogP contribution in [0.15, 0.2) is 43.0 Å². The molecule has 1 heterocycles. The van der Waals surface area contributed by atoms with Crippen LogP contribution in [-0.4, -0.2) is 23.9 Å². The van der Waals surface area contributed by atoms with Gasteiger partial charge < -0.3 is 4.90 Å². The minimum atomic E-state index is 0.0417. The molecule has 1 aliphatic rings. The van der Waals surface area contributed by atoms with Gasteiger partial charge in [0.1, 0.15) is 0 Å². The number of nitrogens with zero attached hydrogens (tertiary/aromatic N) is 1. The Morgan fingerprint density at radius 1 is 1.44 bits per heavy atom. The van der Waals surface area contributed by atoms with Gasteiger partial charge in [0.25, 0.3) is 0 Å². The van der Waals surface area contributed by atoms with Crippen molar-refractivity contribution in [3.8, 4) is 0 Å². The largest absolute Gasteiger partial charge is 0.337 e. The van der Waals surface area contributed by atoms with Crippen molar-refractivity contribution in [3.05, 3.63) is 48.6 Å². The first kappa shape index (κ1) is 10.9. The van der Waals surface area contributed by atoms with Gasteiger partial charge in [0, 0.05) is 18.5 Å². The summed E-state index contributed by atoms with van der Waals surface area (Å²) < 4.78 is 0. The van der Waals surface area contributed by atoms with Crippen molar-refractivity contribution in [2.45, 2.75) is 18.8 Å². The Morgan fingerprint density at radius 3 is 2.56 bits per heavy atom. The highest BCUT2D eigenvalue weighted by atomic mass is 16.2. The third kappa shape index (κ3) is 1.64. The molecule has 1 aromatic carbocycles. The molecule has 1 amide bonds. The Bertz CT molecular complexity index is 390. The molecule has 84 valence electrons.